The largest absolute Gasteiger partial charge is 0.298 e. The van der Waals surface area contributed by atoms with Gasteiger partial charge in [-0.2, -0.15) is 0 Å². The summed E-state index contributed by atoms with van der Waals surface area (Å²) in [6.07, 6.45) is 1.41. The lowest BCUT2D eigenvalue weighted by Gasteiger charge is -2.08. The molecule has 2 aromatic carbocycles. The molecule has 0 N–H and O–H groups in total. The first-order valence-electron chi connectivity index (χ1n) is 6.83. The van der Waals surface area contributed by atoms with E-state index in [9.17, 15) is 9.59 Å². The minimum absolute atomic E-state index is 0.225. The van der Waals surface area contributed by atoms with E-state index in [-0.39, 0.29) is 5.15 Å². The van der Waals surface area contributed by atoms with Gasteiger partial charge in [0.1, 0.15) is 5.15 Å². The molecule has 0 aliphatic heterocycles. The van der Waals surface area contributed by atoms with Crippen LogP contribution in [0.15, 0.2) is 59.1 Å². The number of carbonyl (C=O) groups is 2. The van der Waals surface area contributed by atoms with E-state index < -0.39 is 0 Å². The summed E-state index contributed by atoms with van der Waals surface area (Å²) in [6, 6.07) is 16.6. The lowest BCUT2D eigenvalue weighted by molar-refractivity contribution is 0.111. The van der Waals surface area contributed by atoms with Crippen LogP contribution in [-0.4, -0.2) is 17.1 Å². The molecule has 5 heteroatoms. The van der Waals surface area contributed by atoms with Gasteiger partial charge in [0.25, 0.3) is 0 Å². The Morgan fingerprint density at radius 3 is 2.13 bits per heavy atom. The van der Waals surface area contributed by atoms with Crippen LogP contribution in [0, 0.1) is 0 Å². The van der Waals surface area contributed by atoms with Crippen molar-refractivity contribution < 1.29 is 9.59 Å². The van der Waals surface area contributed by atoms with E-state index in [4.69, 9.17) is 11.6 Å². The van der Waals surface area contributed by atoms with Crippen molar-refractivity contribution in [3.8, 4) is 16.8 Å². The lowest BCUT2D eigenvalue weighted by Crippen LogP contribution is -2.00. The SMILES string of the molecule is O=Cc1c(-c2ccccc2)c(C=O)n(-c2ccc(Br)cc2)c1Cl. The Hall–Kier alpha value is -2.17. The normalized spacial score (nSPS) is 10.5. The number of aromatic nitrogens is 1. The molecule has 0 unspecified atom stereocenters. The van der Waals surface area contributed by atoms with E-state index in [1.807, 2.05) is 54.6 Å². The summed E-state index contributed by atoms with van der Waals surface area (Å²) in [5, 5.41) is 0.225. The third-order valence-corrected chi connectivity index (χ3v) is 4.46. The fraction of sp³-hybridized carbons (Fsp3) is 0. The molecule has 0 radical (unpaired) electrons. The molecule has 114 valence electrons. The van der Waals surface area contributed by atoms with Gasteiger partial charge in [0.05, 0.1) is 11.3 Å². The summed E-state index contributed by atoms with van der Waals surface area (Å²) < 4.78 is 2.50. The van der Waals surface area contributed by atoms with Gasteiger partial charge >= 0.3 is 0 Å². The van der Waals surface area contributed by atoms with Crippen LogP contribution in [0.25, 0.3) is 16.8 Å². The molecule has 3 aromatic rings. The highest BCUT2D eigenvalue weighted by Crippen LogP contribution is 2.36. The first-order chi connectivity index (χ1) is 11.2. The summed E-state index contributed by atoms with van der Waals surface area (Å²) in [5.41, 5.74) is 2.69. The van der Waals surface area contributed by atoms with Crippen LogP contribution in [-0.2, 0) is 0 Å². The van der Waals surface area contributed by atoms with E-state index in [1.165, 1.54) is 0 Å². The first kappa shape index (κ1) is 15.7. The average molecular weight is 389 g/mol. The molecule has 1 aromatic heterocycles. The molecule has 0 spiro atoms. The fourth-order valence-corrected chi connectivity index (χ4v) is 3.14. The molecule has 0 fully saturated rings. The molecule has 3 nitrogen and oxygen atoms in total. The maximum atomic E-state index is 11.7. The van der Waals surface area contributed by atoms with E-state index in [2.05, 4.69) is 15.9 Å². The number of aldehydes is 2. The van der Waals surface area contributed by atoms with Crippen LogP contribution < -0.4 is 0 Å². The number of nitrogens with zero attached hydrogens (tertiary/aromatic N) is 1. The van der Waals surface area contributed by atoms with Gasteiger partial charge in [-0.15, -0.1) is 0 Å². The Morgan fingerprint density at radius 1 is 0.913 bits per heavy atom. The third-order valence-electron chi connectivity index (χ3n) is 3.56. The molecule has 0 aliphatic rings. The topological polar surface area (TPSA) is 39.1 Å². The smallest absolute Gasteiger partial charge is 0.167 e. The highest BCUT2D eigenvalue weighted by Gasteiger charge is 2.23. The zero-order valence-electron chi connectivity index (χ0n) is 11.9. The van der Waals surface area contributed by atoms with Gasteiger partial charge in [-0.25, -0.2) is 0 Å². The Morgan fingerprint density at radius 2 is 1.57 bits per heavy atom. The molecule has 0 atom stereocenters. The Kier molecular flexibility index (Phi) is 4.46. The highest BCUT2D eigenvalue weighted by molar-refractivity contribution is 9.10. The zero-order chi connectivity index (χ0) is 16.4. The Balaban J connectivity index is 2.34. The second-order valence-electron chi connectivity index (χ2n) is 4.88. The first-order valence-corrected chi connectivity index (χ1v) is 8.00. The number of carbonyl (C=O) groups excluding carboxylic acids is 2. The van der Waals surface area contributed by atoms with Gasteiger partial charge in [-0.3, -0.25) is 14.2 Å². The molecule has 3 rings (SSSR count). The molecule has 23 heavy (non-hydrogen) atoms. The molecule has 0 amide bonds. The Labute approximate surface area is 146 Å². The maximum absolute atomic E-state index is 11.7. The second-order valence-corrected chi connectivity index (χ2v) is 6.15. The standard InChI is InChI=1S/C18H11BrClNO2/c19-13-6-8-14(9-7-13)21-16(11-23)17(15(10-22)18(21)20)12-4-2-1-3-5-12/h1-11H. The van der Waals surface area contributed by atoms with Crippen molar-refractivity contribution >= 4 is 40.1 Å². The van der Waals surface area contributed by atoms with E-state index >= 15 is 0 Å². The number of halogens is 2. The summed E-state index contributed by atoms with van der Waals surface area (Å²) in [4.78, 5) is 23.3. The summed E-state index contributed by atoms with van der Waals surface area (Å²) >= 11 is 9.77. The molecule has 0 saturated carbocycles. The monoisotopic (exact) mass is 387 g/mol. The van der Waals surface area contributed by atoms with Gasteiger partial charge in [-0.1, -0.05) is 57.9 Å². The van der Waals surface area contributed by atoms with Gasteiger partial charge in [0.2, 0.25) is 0 Å². The van der Waals surface area contributed by atoms with Crippen LogP contribution in [0.1, 0.15) is 20.8 Å². The maximum Gasteiger partial charge on any atom is 0.167 e. The van der Waals surface area contributed by atoms with E-state index in [0.29, 0.717) is 28.8 Å². The summed E-state index contributed by atoms with van der Waals surface area (Å²) in [6.45, 7) is 0. The number of rotatable bonds is 4. The van der Waals surface area contributed by atoms with Gasteiger partial charge in [0, 0.05) is 15.7 Å². The van der Waals surface area contributed by atoms with Crippen molar-refractivity contribution in [3.63, 3.8) is 0 Å². The predicted molar refractivity (Wildman–Crippen MR) is 94.7 cm³/mol. The van der Waals surface area contributed by atoms with E-state index in [0.717, 1.165) is 16.3 Å². The zero-order valence-corrected chi connectivity index (χ0v) is 14.2. The predicted octanol–water partition coefficient (Wildman–Crippen LogP) is 5.19. The second kappa shape index (κ2) is 6.52. The van der Waals surface area contributed by atoms with Crippen molar-refractivity contribution in [3.05, 3.63) is 75.5 Å². The number of hydrogen-bond acceptors (Lipinski definition) is 2. The molecule has 0 saturated heterocycles. The molecular weight excluding hydrogens is 378 g/mol. The number of benzene rings is 2. The lowest BCUT2D eigenvalue weighted by atomic mass is 10.0. The summed E-state index contributed by atoms with van der Waals surface area (Å²) in [5.74, 6) is 0. The molecular formula is C18H11BrClNO2. The van der Waals surface area contributed by atoms with Gasteiger partial charge in [0.15, 0.2) is 12.6 Å². The average Bonchev–Trinajstić information content (AvgIpc) is 2.88. The minimum Gasteiger partial charge on any atom is -0.298 e. The summed E-state index contributed by atoms with van der Waals surface area (Å²) in [7, 11) is 0. The minimum atomic E-state index is 0.225. The molecule has 0 aliphatic carbocycles. The molecule has 1 heterocycles. The highest BCUT2D eigenvalue weighted by atomic mass is 79.9. The van der Waals surface area contributed by atoms with Crippen LogP contribution in [0.3, 0.4) is 0 Å². The van der Waals surface area contributed by atoms with E-state index in [1.54, 1.807) is 4.57 Å². The van der Waals surface area contributed by atoms with Crippen molar-refractivity contribution in [1.82, 2.24) is 4.57 Å². The molecule has 0 bridgehead atoms. The van der Waals surface area contributed by atoms with Gasteiger partial charge in [-0.05, 0) is 29.8 Å². The van der Waals surface area contributed by atoms with Crippen LogP contribution in [0.4, 0.5) is 0 Å². The van der Waals surface area contributed by atoms with Crippen LogP contribution >= 0.6 is 27.5 Å². The van der Waals surface area contributed by atoms with Gasteiger partial charge < -0.3 is 0 Å². The van der Waals surface area contributed by atoms with Crippen LogP contribution in [0.2, 0.25) is 5.15 Å². The Bertz CT molecular complexity index is 870. The van der Waals surface area contributed by atoms with Crippen molar-refractivity contribution in [2.24, 2.45) is 0 Å². The van der Waals surface area contributed by atoms with Crippen molar-refractivity contribution in [1.29, 1.82) is 0 Å². The fourth-order valence-electron chi connectivity index (χ4n) is 2.55. The van der Waals surface area contributed by atoms with Crippen molar-refractivity contribution in [2.75, 3.05) is 0 Å². The van der Waals surface area contributed by atoms with Crippen LogP contribution in [0.5, 0.6) is 0 Å². The number of hydrogen-bond donors (Lipinski definition) is 0. The van der Waals surface area contributed by atoms with Crippen molar-refractivity contribution in [2.45, 2.75) is 0 Å². The third kappa shape index (κ3) is 2.76. The quantitative estimate of drug-likeness (QED) is 0.577.